The summed E-state index contributed by atoms with van der Waals surface area (Å²) in [5, 5.41) is 4.49. The Bertz CT molecular complexity index is 985. The highest BCUT2D eigenvalue weighted by atomic mass is 32.2. The van der Waals surface area contributed by atoms with Crippen molar-refractivity contribution in [3.8, 4) is 0 Å². The topological polar surface area (TPSA) is 75.3 Å². The van der Waals surface area contributed by atoms with E-state index in [1.165, 1.54) is 6.07 Å². The molecule has 3 aromatic rings. The maximum Gasteiger partial charge on any atom is 0.251 e. The van der Waals surface area contributed by atoms with Gasteiger partial charge in [0.2, 0.25) is 5.91 Å². The van der Waals surface area contributed by atoms with E-state index in [1.54, 1.807) is 41.8 Å². The predicted molar refractivity (Wildman–Crippen MR) is 104 cm³/mol. The van der Waals surface area contributed by atoms with Crippen molar-refractivity contribution in [2.75, 3.05) is 5.32 Å². The molecule has 0 aliphatic heterocycles. The molecule has 0 saturated carbocycles. The van der Waals surface area contributed by atoms with Gasteiger partial charge in [-0.05, 0) is 35.6 Å². The molecule has 0 unspecified atom stereocenters. The van der Waals surface area contributed by atoms with E-state index in [2.05, 4.69) is 10.0 Å². The summed E-state index contributed by atoms with van der Waals surface area (Å²) in [7, 11) is -3.80. The lowest BCUT2D eigenvalue weighted by Crippen LogP contribution is -2.36. The number of carbonyl (C=O) groups excluding carboxylic acids is 1. The minimum atomic E-state index is -3.80. The first-order valence-electron chi connectivity index (χ1n) is 7.94. The third-order valence-electron chi connectivity index (χ3n) is 3.83. The molecule has 1 aromatic heterocycles. The van der Waals surface area contributed by atoms with Gasteiger partial charge < -0.3 is 5.32 Å². The second-order valence-electron chi connectivity index (χ2n) is 5.70. The van der Waals surface area contributed by atoms with Crippen LogP contribution in [0.3, 0.4) is 0 Å². The van der Waals surface area contributed by atoms with Crippen LogP contribution in [0, 0.1) is 6.92 Å². The maximum atomic E-state index is 12.9. The maximum absolute atomic E-state index is 12.9. The highest BCUT2D eigenvalue weighted by Crippen LogP contribution is 2.23. The fourth-order valence-electron chi connectivity index (χ4n) is 2.47. The molecule has 1 heterocycles. The van der Waals surface area contributed by atoms with Crippen LogP contribution in [-0.2, 0) is 14.8 Å². The number of nitrogens with one attached hydrogen (secondary N) is 2. The van der Waals surface area contributed by atoms with Gasteiger partial charge in [0.25, 0.3) is 10.0 Å². The molecule has 7 heteroatoms. The zero-order valence-electron chi connectivity index (χ0n) is 14.0. The Morgan fingerprint density at radius 1 is 0.962 bits per heavy atom. The van der Waals surface area contributed by atoms with Crippen LogP contribution >= 0.6 is 11.3 Å². The SMILES string of the molecule is Cc1ccccc1NC(=O)[C@H](NS(=O)(=O)c1cccs1)c1ccccc1. The minimum absolute atomic E-state index is 0.169. The Kier molecular flexibility index (Phi) is 5.51. The van der Waals surface area contributed by atoms with Gasteiger partial charge in [0, 0.05) is 5.69 Å². The molecule has 0 aliphatic rings. The zero-order valence-corrected chi connectivity index (χ0v) is 15.7. The van der Waals surface area contributed by atoms with Gasteiger partial charge in [-0.1, -0.05) is 54.6 Å². The molecule has 26 heavy (non-hydrogen) atoms. The number of para-hydroxylation sites is 1. The van der Waals surface area contributed by atoms with Crippen LogP contribution in [0.4, 0.5) is 5.69 Å². The predicted octanol–water partition coefficient (Wildman–Crippen LogP) is 3.71. The van der Waals surface area contributed by atoms with Crippen molar-refractivity contribution >= 4 is 33.0 Å². The van der Waals surface area contributed by atoms with Crippen molar-refractivity contribution in [3.63, 3.8) is 0 Å². The van der Waals surface area contributed by atoms with Crippen LogP contribution in [0.25, 0.3) is 0 Å². The fraction of sp³-hybridized carbons (Fsp3) is 0.105. The van der Waals surface area contributed by atoms with Gasteiger partial charge in [0.15, 0.2) is 0 Å². The second-order valence-corrected chi connectivity index (χ2v) is 8.59. The van der Waals surface area contributed by atoms with Crippen molar-refractivity contribution in [3.05, 3.63) is 83.2 Å². The largest absolute Gasteiger partial charge is 0.324 e. The van der Waals surface area contributed by atoms with Crippen LogP contribution in [0.1, 0.15) is 17.2 Å². The summed E-state index contributed by atoms with van der Waals surface area (Å²) in [6.45, 7) is 1.88. The summed E-state index contributed by atoms with van der Waals surface area (Å²) >= 11 is 1.10. The van der Waals surface area contributed by atoms with Gasteiger partial charge in [-0.15, -0.1) is 11.3 Å². The van der Waals surface area contributed by atoms with E-state index in [0.29, 0.717) is 11.3 Å². The van der Waals surface area contributed by atoms with Crippen molar-refractivity contribution in [1.82, 2.24) is 4.72 Å². The van der Waals surface area contributed by atoms with E-state index < -0.39 is 22.0 Å². The van der Waals surface area contributed by atoms with E-state index in [1.807, 2.05) is 31.2 Å². The van der Waals surface area contributed by atoms with Crippen LogP contribution in [0.15, 0.2) is 76.3 Å². The molecule has 2 N–H and O–H groups in total. The van der Waals surface area contributed by atoms with Gasteiger partial charge in [-0.25, -0.2) is 8.42 Å². The van der Waals surface area contributed by atoms with Crippen LogP contribution in [0.2, 0.25) is 0 Å². The lowest BCUT2D eigenvalue weighted by Gasteiger charge is -2.19. The summed E-state index contributed by atoms with van der Waals surface area (Å²) in [5.74, 6) is -0.439. The summed E-state index contributed by atoms with van der Waals surface area (Å²) in [6, 6.07) is 18.3. The molecule has 1 amide bonds. The first-order valence-corrected chi connectivity index (χ1v) is 10.3. The number of aryl methyl sites for hydroxylation is 1. The Labute approximate surface area is 156 Å². The first-order chi connectivity index (χ1) is 12.5. The lowest BCUT2D eigenvalue weighted by atomic mass is 10.1. The lowest BCUT2D eigenvalue weighted by molar-refractivity contribution is -0.117. The smallest absolute Gasteiger partial charge is 0.251 e. The first kappa shape index (κ1) is 18.3. The molecule has 0 saturated heterocycles. The third kappa shape index (κ3) is 4.19. The minimum Gasteiger partial charge on any atom is -0.324 e. The van der Waals surface area contributed by atoms with E-state index in [9.17, 15) is 13.2 Å². The van der Waals surface area contributed by atoms with Crippen molar-refractivity contribution in [2.24, 2.45) is 0 Å². The van der Waals surface area contributed by atoms with Crippen molar-refractivity contribution in [2.45, 2.75) is 17.2 Å². The summed E-state index contributed by atoms with van der Waals surface area (Å²) < 4.78 is 27.9. The highest BCUT2D eigenvalue weighted by molar-refractivity contribution is 7.91. The summed E-state index contributed by atoms with van der Waals surface area (Å²) in [5.41, 5.74) is 2.11. The number of benzene rings is 2. The molecule has 0 radical (unpaired) electrons. The number of rotatable bonds is 6. The molecule has 5 nitrogen and oxygen atoms in total. The second kappa shape index (κ2) is 7.82. The average Bonchev–Trinajstić information content (AvgIpc) is 3.18. The quantitative estimate of drug-likeness (QED) is 0.678. The molecular formula is C19H18N2O3S2. The Morgan fingerprint density at radius 3 is 2.31 bits per heavy atom. The third-order valence-corrected chi connectivity index (χ3v) is 6.65. The van der Waals surface area contributed by atoms with E-state index in [0.717, 1.165) is 16.9 Å². The Hall–Kier alpha value is -2.48. The average molecular weight is 386 g/mol. The number of hydrogen-bond acceptors (Lipinski definition) is 4. The molecule has 1 atom stereocenters. The molecule has 0 bridgehead atoms. The highest BCUT2D eigenvalue weighted by Gasteiger charge is 2.28. The van der Waals surface area contributed by atoms with Gasteiger partial charge in [0.05, 0.1) is 0 Å². The van der Waals surface area contributed by atoms with Crippen LogP contribution < -0.4 is 10.0 Å². The fourth-order valence-corrected chi connectivity index (χ4v) is 4.66. The standard InChI is InChI=1S/C19H18N2O3S2/c1-14-8-5-6-11-16(14)20-19(22)18(15-9-3-2-4-10-15)21-26(23,24)17-12-7-13-25-17/h2-13,18,21H,1H3,(H,20,22)/t18-/m1/s1. The van der Waals surface area contributed by atoms with E-state index in [-0.39, 0.29) is 4.21 Å². The van der Waals surface area contributed by atoms with Crippen molar-refractivity contribution < 1.29 is 13.2 Å². The normalized spacial score (nSPS) is 12.5. The summed E-state index contributed by atoms with van der Waals surface area (Å²) in [6.07, 6.45) is 0. The van der Waals surface area contributed by atoms with Crippen molar-refractivity contribution in [1.29, 1.82) is 0 Å². The van der Waals surface area contributed by atoms with Gasteiger partial charge in [-0.2, -0.15) is 4.72 Å². The molecule has 0 spiro atoms. The number of carbonyl (C=O) groups is 1. The zero-order chi connectivity index (χ0) is 18.6. The molecule has 0 fully saturated rings. The van der Waals surface area contributed by atoms with Crippen LogP contribution in [0.5, 0.6) is 0 Å². The number of hydrogen-bond donors (Lipinski definition) is 2. The molecule has 0 aliphatic carbocycles. The number of anilines is 1. The molecular weight excluding hydrogens is 368 g/mol. The summed E-state index contributed by atoms with van der Waals surface area (Å²) in [4.78, 5) is 12.9. The van der Waals surface area contributed by atoms with Gasteiger partial charge >= 0.3 is 0 Å². The monoisotopic (exact) mass is 386 g/mol. The van der Waals surface area contributed by atoms with Crippen LogP contribution in [-0.4, -0.2) is 14.3 Å². The Morgan fingerprint density at radius 2 is 1.65 bits per heavy atom. The van der Waals surface area contributed by atoms with Gasteiger partial charge in [-0.3, -0.25) is 4.79 Å². The number of amides is 1. The number of sulfonamides is 1. The van der Waals surface area contributed by atoms with Gasteiger partial charge in [0.1, 0.15) is 10.3 Å². The van der Waals surface area contributed by atoms with E-state index in [4.69, 9.17) is 0 Å². The Balaban J connectivity index is 1.91. The number of thiophene rings is 1. The van der Waals surface area contributed by atoms with E-state index >= 15 is 0 Å². The molecule has 134 valence electrons. The molecule has 3 rings (SSSR count). The molecule has 2 aromatic carbocycles.